The topological polar surface area (TPSA) is 61.0 Å². The van der Waals surface area contributed by atoms with E-state index in [1.54, 1.807) is 19.1 Å². The van der Waals surface area contributed by atoms with Crippen LogP contribution in [0.15, 0.2) is 30.5 Å². The van der Waals surface area contributed by atoms with Crippen LogP contribution in [-0.4, -0.2) is 15.0 Å². The van der Waals surface area contributed by atoms with Gasteiger partial charge in [0.25, 0.3) is 0 Å². The largest absolute Gasteiger partial charge is 0.436 e. The van der Waals surface area contributed by atoms with Gasteiger partial charge in [0.15, 0.2) is 5.75 Å². The number of aromatic nitrogens is 2. The molecule has 8 heteroatoms. The average molecular weight is 313 g/mol. The summed E-state index contributed by atoms with van der Waals surface area (Å²) in [5, 5.41) is 0. The SMILES string of the molecule is Cc1ncccc1Oc1nc(C(F)(F)F)ccc1C(N)=S. The van der Waals surface area contributed by atoms with Gasteiger partial charge in [0.2, 0.25) is 5.88 Å². The lowest BCUT2D eigenvalue weighted by Gasteiger charge is -2.13. The molecular weight excluding hydrogens is 303 g/mol. The minimum atomic E-state index is -4.59. The Kier molecular flexibility index (Phi) is 4.08. The third-order valence-electron chi connectivity index (χ3n) is 2.58. The summed E-state index contributed by atoms with van der Waals surface area (Å²) in [5.74, 6) is -0.0183. The summed E-state index contributed by atoms with van der Waals surface area (Å²) in [6.45, 7) is 1.66. The molecule has 0 aliphatic carbocycles. The van der Waals surface area contributed by atoms with Crippen molar-refractivity contribution in [3.63, 3.8) is 0 Å². The molecule has 21 heavy (non-hydrogen) atoms. The van der Waals surface area contributed by atoms with Crippen LogP contribution >= 0.6 is 12.2 Å². The van der Waals surface area contributed by atoms with Gasteiger partial charge in [-0.1, -0.05) is 12.2 Å². The van der Waals surface area contributed by atoms with Crippen LogP contribution in [0, 0.1) is 6.92 Å². The van der Waals surface area contributed by atoms with E-state index in [1.807, 2.05) is 0 Å². The van der Waals surface area contributed by atoms with E-state index in [-0.39, 0.29) is 22.2 Å². The number of rotatable bonds is 3. The molecule has 2 aromatic heterocycles. The molecule has 0 bridgehead atoms. The number of nitrogens with two attached hydrogens (primary N) is 1. The predicted molar refractivity (Wildman–Crippen MR) is 74.2 cm³/mol. The molecule has 4 nitrogen and oxygen atoms in total. The molecule has 0 fully saturated rings. The second-order valence-corrected chi connectivity index (χ2v) is 4.54. The number of thiocarbonyl (C=S) groups is 1. The number of nitrogens with zero attached hydrogens (tertiary/aromatic N) is 2. The summed E-state index contributed by atoms with van der Waals surface area (Å²) in [7, 11) is 0. The van der Waals surface area contributed by atoms with Crippen LogP contribution in [0.5, 0.6) is 11.6 Å². The van der Waals surface area contributed by atoms with Crippen molar-refractivity contribution in [2.24, 2.45) is 5.73 Å². The minimum Gasteiger partial charge on any atom is -0.436 e. The summed E-state index contributed by atoms with van der Waals surface area (Å²) in [6, 6.07) is 5.10. The van der Waals surface area contributed by atoms with Crippen molar-refractivity contribution in [2.75, 3.05) is 0 Å². The van der Waals surface area contributed by atoms with Gasteiger partial charge >= 0.3 is 6.18 Å². The molecule has 2 heterocycles. The summed E-state index contributed by atoms with van der Waals surface area (Å²) >= 11 is 4.80. The van der Waals surface area contributed by atoms with E-state index in [2.05, 4.69) is 9.97 Å². The maximum absolute atomic E-state index is 12.7. The first-order valence-corrected chi connectivity index (χ1v) is 6.17. The Morgan fingerprint density at radius 3 is 2.57 bits per heavy atom. The Bertz CT molecular complexity index is 689. The standard InChI is InChI=1S/C13H10F3N3OS/c1-7-9(3-2-6-18-7)20-12-8(11(17)21)4-5-10(19-12)13(14,15)16/h2-6H,1H3,(H2,17,21). The van der Waals surface area contributed by atoms with Gasteiger partial charge in [0.1, 0.15) is 10.7 Å². The summed E-state index contributed by atoms with van der Waals surface area (Å²) in [6.07, 6.45) is -3.05. The van der Waals surface area contributed by atoms with Crippen molar-refractivity contribution in [1.29, 1.82) is 0 Å². The van der Waals surface area contributed by atoms with Gasteiger partial charge in [0.05, 0.1) is 11.3 Å². The molecule has 0 saturated heterocycles. The number of hydrogen-bond donors (Lipinski definition) is 1. The number of ether oxygens (including phenoxy) is 1. The molecule has 2 rings (SSSR count). The molecule has 0 spiro atoms. The number of aryl methyl sites for hydroxylation is 1. The van der Waals surface area contributed by atoms with Gasteiger partial charge in [-0.3, -0.25) is 4.98 Å². The number of alkyl halides is 3. The number of halogens is 3. The summed E-state index contributed by atoms with van der Waals surface area (Å²) < 4.78 is 43.6. The molecule has 0 aliphatic heterocycles. The Morgan fingerprint density at radius 1 is 1.29 bits per heavy atom. The average Bonchev–Trinajstić information content (AvgIpc) is 2.40. The van der Waals surface area contributed by atoms with Crippen molar-refractivity contribution in [1.82, 2.24) is 9.97 Å². The third kappa shape index (κ3) is 3.46. The molecule has 0 amide bonds. The molecular formula is C13H10F3N3OS. The monoisotopic (exact) mass is 313 g/mol. The van der Waals surface area contributed by atoms with Crippen LogP contribution in [0.4, 0.5) is 13.2 Å². The van der Waals surface area contributed by atoms with Crippen LogP contribution in [0.1, 0.15) is 17.0 Å². The van der Waals surface area contributed by atoms with Gasteiger partial charge in [-0.25, -0.2) is 4.98 Å². The molecule has 110 valence electrons. The van der Waals surface area contributed by atoms with E-state index in [0.29, 0.717) is 5.69 Å². The molecule has 0 aromatic carbocycles. The number of pyridine rings is 2. The first-order valence-electron chi connectivity index (χ1n) is 5.76. The lowest BCUT2D eigenvalue weighted by atomic mass is 10.2. The van der Waals surface area contributed by atoms with Crippen LogP contribution in [0.3, 0.4) is 0 Å². The highest BCUT2D eigenvalue weighted by Gasteiger charge is 2.33. The molecule has 0 saturated carbocycles. The molecule has 0 atom stereocenters. The number of hydrogen-bond acceptors (Lipinski definition) is 4. The van der Waals surface area contributed by atoms with E-state index in [4.69, 9.17) is 22.7 Å². The highest BCUT2D eigenvalue weighted by atomic mass is 32.1. The Morgan fingerprint density at radius 2 is 2.00 bits per heavy atom. The van der Waals surface area contributed by atoms with E-state index in [1.165, 1.54) is 6.20 Å². The summed E-state index contributed by atoms with van der Waals surface area (Å²) in [4.78, 5) is 7.34. The Labute approximate surface area is 123 Å². The van der Waals surface area contributed by atoms with Crippen molar-refractivity contribution in [2.45, 2.75) is 13.1 Å². The molecule has 0 radical (unpaired) electrons. The molecule has 0 unspecified atom stereocenters. The van der Waals surface area contributed by atoms with Crippen molar-refractivity contribution in [3.8, 4) is 11.6 Å². The van der Waals surface area contributed by atoms with E-state index in [9.17, 15) is 13.2 Å². The molecule has 2 aromatic rings. The molecule has 0 aliphatic rings. The van der Waals surface area contributed by atoms with Crippen molar-refractivity contribution >= 4 is 17.2 Å². The van der Waals surface area contributed by atoms with Crippen LogP contribution in [0.2, 0.25) is 0 Å². The predicted octanol–water partition coefficient (Wildman–Crippen LogP) is 3.23. The van der Waals surface area contributed by atoms with Gasteiger partial charge < -0.3 is 10.5 Å². The quantitative estimate of drug-likeness (QED) is 0.882. The first kappa shape index (κ1) is 15.2. The lowest BCUT2D eigenvalue weighted by molar-refractivity contribution is -0.141. The van der Waals surface area contributed by atoms with Crippen molar-refractivity contribution in [3.05, 3.63) is 47.4 Å². The Balaban J connectivity index is 2.49. The van der Waals surface area contributed by atoms with E-state index < -0.39 is 11.9 Å². The summed E-state index contributed by atoms with van der Waals surface area (Å²) in [5.41, 5.74) is 5.03. The highest BCUT2D eigenvalue weighted by molar-refractivity contribution is 7.80. The first-order chi connectivity index (χ1) is 9.79. The third-order valence-corrected chi connectivity index (χ3v) is 2.80. The van der Waals surface area contributed by atoms with Gasteiger partial charge in [-0.2, -0.15) is 13.2 Å². The van der Waals surface area contributed by atoms with E-state index in [0.717, 1.165) is 12.1 Å². The van der Waals surface area contributed by atoms with Crippen LogP contribution in [-0.2, 0) is 6.18 Å². The highest BCUT2D eigenvalue weighted by Crippen LogP contribution is 2.32. The normalized spacial score (nSPS) is 11.2. The van der Waals surface area contributed by atoms with Crippen molar-refractivity contribution < 1.29 is 17.9 Å². The fourth-order valence-corrected chi connectivity index (χ4v) is 1.70. The molecule has 2 N–H and O–H groups in total. The zero-order valence-corrected chi connectivity index (χ0v) is 11.6. The lowest BCUT2D eigenvalue weighted by Crippen LogP contribution is -2.15. The maximum atomic E-state index is 12.7. The second kappa shape index (κ2) is 5.65. The van der Waals surface area contributed by atoms with Gasteiger partial charge in [0, 0.05) is 6.20 Å². The van der Waals surface area contributed by atoms with Crippen LogP contribution < -0.4 is 10.5 Å². The van der Waals surface area contributed by atoms with Crippen LogP contribution in [0.25, 0.3) is 0 Å². The Hall–Kier alpha value is -2.22. The van der Waals surface area contributed by atoms with Gasteiger partial charge in [-0.15, -0.1) is 0 Å². The fraction of sp³-hybridized carbons (Fsp3) is 0.154. The van der Waals surface area contributed by atoms with E-state index >= 15 is 0 Å². The van der Waals surface area contributed by atoms with Gasteiger partial charge in [-0.05, 0) is 31.2 Å². The zero-order valence-electron chi connectivity index (χ0n) is 10.8. The maximum Gasteiger partial charge on any atom is 0.433 e. The zero-order chi connectivity index (χ0) is 15.6. The second-order valence-electron chi connectivity index (χ2n) is 4.10. The smallest absolute Gasteiger partial charge is 0.433 e. The fourth-order valence-electron chi connectivity index (χ4n) is 1.55. The minimum absolute atomic E-state index is 0.104.